The third-order valence-corrected chi connectivity index (χ3v) is 3.74. The number of ketones is 1. The van der Waals surface area contributed by atoms with Crippen molar-refractivity contribution in [2.24, 2.45) is 0 Å². The van der Waals surface area contributed by atoms with Gasteiger partial charge in [0.05, 0.1) is 0 Å². The number of nitrogens with zero attached hydrogens (tertiary/aromatic N) is 1. The first-order chi connectivity index (χ1) is 9.61. The van der Waals surface area contributed by atoms with Crippen LogP contribution in [0.1, 0.15) is 29.3 Å². The van der Waals surface area contributed by atoms with Crippen LogP contribution in [-0.4, -0.2) is 12.8 Å². The summed E-state index contributed by atoms with van der Waals surface area (Å²) in [6.45, 7) is 2.67. The van der Waals surface area contributed by atoms with Crippen LogP contribution in [0.25, 0.3) is 0 Å². The van der Waals surface area contributed by atoms with E-state index in [9.17, 15) is 4.79 Å². The van der Waals surface area contributed by atoms with Gasteiger partial charge in [-0.3, -0.25) is 4.79 Å². The first kappa shape index (κ1) is 14.8. The summed E-state index contributed by atoms with van der Waals surface area (Å²) >= 11 is 3.48. The highest BCUT2D eigenvalue weighted by molar-refractivity contribution is 9.10. The van der Waals surface area contributed by atoms with Crippen LogP contribution in [0.15, 0.2) is 53.0 Å². The average molecular weight is 332 g/mol. The minimum atomic E-state index is 0.182. The fraction of sp³-hybridized carbons (Fsp3) is 0.235. The summed E-state index contributed by atoms with van der Waals surface area (Å²) in [5.74, 6) is 0.182. The fourth-order valence-corrected chi connectivity index (χ4v) is 2.67. The predicted octanol–water partition coefficient (Wildman–Crippen LogP) is 4.68. The number of anilines is 1. The predicted molar refractivity (Wildman–Crippen MR) is 87.3 cm³/mol. The van der Waals surface area contributed by atoms with Gasteiger partial charge in [0, 0.05) is 35.7 Å². The summed E-state index contributed by atoms with van der Waals surface area (Å²) in [7, 11) is 2.02. The van der Waals surface area contributed by atoms with E-state index in [1.54, 1.807) is 0 Å². The van der Waals surface area contributed by atoms with Crippen LogP contribution in [0.3, 0.4) is 0 Å². The molecular weight excluding hydrogens is 314 g/mol. The number of carbonyl (C=O) groups excluding carboxylic acids is 1. The van der Waals surface area contributed by atoms with Gasteiger partial charge in [0.1, 0.15) is 0 Å². The molecule has 0 radical (unpaired) electrons. The van der Waals surface area contributed by atoms with Crippen LogP contribution in [0, 0.1) is 0 Å². The van der Waals surface area contributed by atoms with Gasteiger partial charge < -0.3 is 4.90 Å². The average Bonchev–Trinajstić information content (AvgIpc) is 2.46. The Morgan fingerprint density at radius 3 is 2.60 bits per heavy atom. The molecule has 3 heteroatoms. The molecule has 0 amide bonds. The Morgan fingerprint density at radius 1 is 1.15 bits per heavy atom. The van der Waals surface area contributed by atoms with E-state index in [-0.39, 0.29) is 5.78 Å². The van der Waals surface area contributed by atoms with Gasteiger partial charge in [-0.1, -0.05) is 47.1 Å². The van der Waals surface area contributed by atoms with Crippen LogP contribution < -0.4 is 4.90 Å². The highest BCUT2D eigenvalue weighted by Crippen LogP contribution is 2.23. The molecule has 0 unspecified atom stereocenters. The smallest absolute Gasteiger partial charge is 0.164 e. The second-order valence-electron chi connectivity index (χ2n) is 4.78. The number of halogens is 1. The second-order valence-corrected chi connectivity index (χ2v) is 5.70. The lowest BCUT2D eigenvalue weighted by Gasteiger charge is -2.22. The number of hydrogen-bond donors (Lipinski definition) is 0. The molecule has 20 heavy (non-hydrogen) atoms. The van der Waals surface area contributed by atoms with Crippen molar-refractivity contribution >= 4 is 27.4 Å². The van der Waals surface area contributed by atoms with E-state index in [1.807, 2.05) is 50.4 Å². The normalized spacial score (nSPS) is 10.3. The summed E-state index contributed by atoms with van der Waals surface area (Å²) in [5.41, 5.74) is 2.99. The summed E-state index contributed by atoms with van der Waals surface area (Å²) in [6, 6.07) is 16.0. The highest BCUT2D eigenvalue weighted by Gasteiger charge is 2.12. The van der Waals surface area contributed by atoms with Gasteiger partial charge in [-0.15, -0.1) is 0 Å². The third-order valence-electron chi connectivity index (χ3n) is 3.25. The van der Waals surface area contributed by atoms with Crippen LogP contribution >= 0.6 is 15.9 Å². The third kappa shape index (κ3) is 3.48. The maximum atomic E-state index is 12.0. The standard InChI is InChI=1S/C17H18BrNO/c1-3-17(20)15-9-4-5-10-16(15)19(2)12-13-7-6-8-14(18)11-13/h4-11H,3,12H2,1-2H3. The molecule has 104 valence electrons. The highest BCUT2D eigenvalue weighted by atomic mass is 79.9. The molecule has 0 saturated heterocycles. The van der Waals surface area contributed by atoms with Crippen molar-refractivity contribution in [2.45, 2.75) is 19.9 Å². The van der Waals surface area contributed by atoms with Gasteiger partial charge in [0.15, 0.2) is 5.78 Å². The van der Waals surface area contributed by atoms with Crippen molar-refractivity contribution in [1.29, 1.82) is 0 Å². The first-order valence-corrected chi connectivity index (χ1v) is 7.49. The Labute approximate surface area is 128 Å². The number of benzene rings is 2. The van der Waals surface area contributed by atoms with Crippen LogP contribution in [0.4, 0.5) is 5.69 Å². The van der Waals surface area contributed by atoms with Crippen LogP contribution in [0.5, 0.6) is 0 Å². The van der Waals surface area contributed by atoms with Crippen molar-refractivity contribution < 1.29 is 4.79 Å². The number of rotatable bonds is 5. The zero-order chi connectivity index (χ0) is 14.5. The van der Waals surface area contributed by atoms with Gasteiger partial charge in [-0.2, -0.15) is 0 Å². The molecule has 2 rings (SSSR count). The lowest BCUT2D eigenvalue weighted by atomic mass is 10.1. The van der Waals surface area contributed by atoms with Gasteiger partial charge in [0.2, 0.25) is 0 Å². The molecule has 2 nitrogen and oxygen atoms in total. The van der Waals surface area contributed by atoms with Gasteiger partial charge in [-0.05, 0) is 29.8 Å². The van der Waals surface area contributed by atoms with Crippen molar-refractivity contribution in [3.05, 3.63) is 64.1 Å². The quantitative estimate of drug-likeness (QED) is 0.741. The van der Waals surface area contributed by atoms with E-state index in [0.29, 0.717) is 6.42 Å². The monoisotopic (exact) mass is 331 g/mol. The fourth-order valence-electron chi connectivity index (χ4n) is 2.23. The van der Waals surface area contributed by atoms with Crippen molar-refractivity contribution in [3.8, 4) is 0 Å². The summed E-state index contributed by atoms with van der Waals surface area (Å²) < 4.78 is 1.07. The van der Waals surface area contributed by atoms with E-state index < -0.39 is 0 Å². The molecule has 0 bridgehead atoms. The molecule has 0 atom stereocenters. The molecule has 0 aromatic heterocycles. The molecular formula is C17H18BrNO. The molecule has 0 aliphatic carbocycles. The van der Waals surface area contributed by atoms with Gasteiger partial charge >= 0.3 is 0 Å². The molecule has 2 aromatic carbocycles. The number of Topliss-reactive ketones (excluding diaryl/α,β-unsaturated/α-hetero) is 1. The zero-order valence-electron chi connectivity index (χ0n) is 11.8. The van der Waals surface area contributed by atoms with Crippen molar-refractivity contribution in [2.75, 3.05) is 11.9 Å². The minimum Gasteiger partial charge on any atom is -0.370 e. The van der Waals surface area contributed by atoms with E-state index in [0.717, 1.165) is 22.3 Å². The van der Waals surface area contributed by atoms with Gasteiger partial charge in [-0.25, -0.2) is 0 Å². The van der Waals surface area contributed by atoms with Crippen molar-refractivity contribution in [1.82, 2.24) is 0 Å². The molecule has 0 spiro atoms. The molecule has 0 heterocycles. The number of para-hydroxylation sites is 1. The Kier molecular flexibility index (Phi) is 4.96. The lowest BCUT2D eigenvalue weighted by Crippen LogP contribution is -2.19. The largest absolute Gasteiger partial charge is 0.370 e. The maximum Gasteiger partial charge on any atom is 0.164 e. The van der Waals surface area contributed by atoms with Crippen LogP contribution in [0.2, 0.25) is 0 Å². The second kappa shape index (κ2) is 6.71. The lowest BCUT2D eigenvalue weighted by molar-refractivity contribution is 0.0988. The summed E-state index contributed by atoms with van der Waals surface area (Å²) in [4.78, 5) is 14.1. The van der Waals surface area contributed by atoms with E-state index >= 15 is 0 Å². The van der Waals surface area contributed by atoms with E-state index in [1.165, 1.54) is 5.56 Å². The Hall–Kier alpha value is -1.61. The molecule has 0 saturated carbocycles. The topological polar surface area (TPSA) is 20.3 Å². The molecule has 0 aliphatic heterocycles. The van der Waals surface area contributed by atoms with Crippen molar-refractivity contribution in [3.63, 3.8) is 0 Å². The maximum absolute atomic E-state index is 12.0. The Balaban J connectivity index is 2.25. The Bertz CT molecular complexity index is 609. The van der Waals surface area contributed by atoms with E-state index in [4.69, 9.17) is 0 Å². The number of hydrogen-bond acceptors (Lipinski definition) is 2. The van der Waals surface area contributed by atoms with E-state index in [2.05, 4.69) is 33.0 Å². The summed E-state index contributed by atoms with van der Waals surface area (Å²) in [5, 5.41) is 0. The van der Waals surface area contributed by atoms with Gasteiger partial charge in [0.25, 0.3) is 0 Å². The van der Waals surface area contributed by atoms with Crippen LogP contribution in [-0.2, 0) is 6.54 Å². The Morgan fingerprint density at radius 2 is 1.90 bits per heavy atom. The zero-order valence-corrected chi connectivity index (χ0v) is 13.4. The summed E-state index contributed by atoms with van der Waals surface area (Å²) in [6.07, 6.45) is 0.530. The molecule has 0 N–H and O–H groups in total. The SMILES string of the molecule is CCC(=O)c1ccccc1N(C)Cc1cccc(Br)c1. The first-order valence-electron chi connectivity index (χ1n) is 6.69. The molecule has 0 aliphatic rings. The number of carbonyl (C=O) groups is 1. The minimum absolute atomic E-state index is 0.182. The molecule has 2 aromatic rings. The molecule has 0 fully saturated rings.